The third-order valence-corrected chi connectivity index (χ3v) is 3.74. The number of anilines is 1. The minimum atomic E-state index is -2.15. The van der Waals surface area contributed by atoms with E-state index in [2.05, 4.69) is 15.0 Å². The van der Waals surface area contributed by atoms with Gasteiger partial charge in [-0.15, -0.1) is 0 Å². The molecule has 0 amide bonds. The van der Waals surface area contributed by atoms with E-state index >= 15 is 0 Å². The van der Waals surface area contributed by atoms with Gasteiger partial charge in [-0.25, -0.2) is 9.37 Å². The number of imidazole rings is 1. The van der Waals surface area contributed by atoms with Crippen molar-refractivity contribution in [1.29, 1.82) is 0 Å². The highest BCUT2D eigenvalue weighted by molar-refractivity contribution is 6.28. The van der Waals surface area contributed by atoms with Gasteiger partial charge in [-0.05, 0) is 18.5 Å². The van der Waals surface area contributed by atoms with Crippen LogP contribution in [-0.2, 0) is 4.74 Å². The van der Waals surface area contributed by atoms with Crippen LogP contribution < -0.4 is 5.73 Å². The number of hydrogen-bond donors (Lipinski definition) is 3. The number of alkyl halides is 1. The molecule has 0 spiro atoms. The highest BCUT2D eigenvalue weighted by atomic mass is 35.5. The number of aliphatic hydroxyl groups excluding tert-OH is 2. The van der Waals surface area contributed by atoms with Crippen LogP contribution in [0, 0.1) is 0 Å². The maximum absolute atomic E-state index is 14.8. The first-order valence-electron chi connectivity index (χ1n) is 6.15. The quantitative estimate of drug-likeness (QED) is 0.669. The maximum atomic E-state index is 14.8. The highest BCUT2D eigenvalue weighted by Gasteiger charge is 2.55. The summed E-state index contributed by atoms with van der Waals surface area (Å²) in [6.07, 6.45) is -2.47. The molecule has 1 saturated heterocycles. The average molecular weight is 318 g/mol. The van der Waals surface area contributed by atoms with E-state index in [1.165, 1.54) is 17.8 Å². The van der Waals surface area contributed by atoms with E-state index in [0.717, 1.165) is 0 Å². The van der Waals surface area contributed by atoms with Crippen LogP contribution in [0.3, 0.4) is 0 Å². The predicted octanol–water partition coefficient (Wildman–Crippen LogP) is 0.0407. The number of aliphatic hydroxyl groups is 2. The lowest BCUT2D eigenvalue weighted by molar-refractivity contribution is -0.0566. The zero-order chi connectivity index (χ0) is 15.4. The molecular weight excluding hydrogens is 305 g/mol. The highest BCUT2D eigenvalue weighted by Crippen LogP contribution is 2.42. The molecule has 1 aliphatic heterocycles. The van der Waals surface area contributed by atoms with Crippen molar-refractivity contribution in [2.45, 2.75) is 31.0 Å². The van der Waals surface area contributed by atoms with Gasteiger partial charge in [0.2, 0.25) is 5.28 Å². The van der Waals surface area contributed by atoms with Crippen molar-refractivity contribution in [2.75, 3.05) is 12.3 Å². The Labute approximate surface area is 123 Å². The number of nitrogens with two attached hydrogens (primary N) is 1. The molecule has 10 heteroatoms. The van der Waals surface area contributed by atoms with Gasteiger partial charge in [-0.3, -0.25) is 4.57 Å². The first-order chi connectivity index (χ1) is 9.86. The van der Waals surface area contributed by atoms with Gasteiger partial charge in [0, 0.05) is 0 Å². The molecule has 114 valence electrons. The number of hydrogen-bond acceptors (Lipinski definition) is 7. The molecule has 2 aromatic heterocycles. The molecule has 4 atom stereocenters. The number of halogens is 2. The van der Waals surface area contributed by atoms with Crippen molar-refractivity contribution in [3.05, 3.63) is 11.6 Å². The summed E-state index contributed by atoms with van der Waals surface area (Å²) in [4.78, 5) is 11.7. The topological polar surface area (TPSA) is 119 Å². The lowest BCUT2D eigenvalue weighted by atomic mass is 9.98. The Kier molecular flexibility index (Phi) is 3.24. The lowest BCUT2D eigenvalue weighted by Gasteiger charge is -2.24. The van der Waals surface area contributed by atoms with Crippen molar-refractivity contribution in [2.24, 2.45) is 0 Å². The normalized spacial score (nSPS) is 32.9. The van der Waals surface area contributed by atoms with Crippen molar-refractivity contribution in [3.8, 4) is 0 Å². The van der Waals surface area contributed by atoms with E-state index < -0.39 is 30.7 Å². The number of nitrogen functional groups attached to an aromatic ring is 1. The minimum absolute atomic E-state index is 0.0570. The summed E-state index contributed by atoms with van der Waals surface area (Å²) in [7, 11) is 0. The van der Waals surface area contributed by atoms with Crippen LogP contribution in [0.2, 0.25) is 5.28 Å². The molecule has 0 unspecified atom stereocenters. The average Bonchev–Trinajstić information content (AvgIpc) is 2.91. The van der Waals surface area contributed by atoms with E-state index in [0.29, 0.717) is 0 Å². The summed E-state index contributed by atoms with van der Waals surface area (Å²) < 4.78 is 21.4. The molecule has 3 rings (SSSR count). The first-order valence-corrected chi connectivity index (χ1v) is 6.53. The second-order valence-corrected chi connectivity index (χ2v) is 5.35. The molecule has 0 bridgehead atoms. The molecule has 2 aromatic rings. The Hall–Kier alpha value is -1.55. The third-order valence-electron chi connectivity index (χ3n) is 3.57. The summed E-state index contributed by atoms with van der Waals surface area (Å²) in [6, 6.07) is 0. The van der Waals surface area contributed by atoms with E-state index in [9.17, 15) is 9.50 Å². The lowest BCUT2D eigenvalue weighted by Crippen LogP contribution is -2.40. The molecule has 0 saturated carbocycles. The Bertz CT molecular complexity index is 694. The Morgan fingerprint density at radius 1 is 1.57 bits per heavy atom. The van der Waals surface area contributed by atoms with Crippen LogP contribution in [0.5, 0.6) is 0 Å². The Morgan fingerprint density at radius 3 is 2.90 bits per heavy atom. The van der Waals surface area contributed by atoms with Crippen LogP contribution in [0.1, 0.15) is 13.2 Å². The molecule has 4 N–H and O–H groups in total. The second kappa shape index (κ2) is 4.73. The van der Waals surface area contributed by atoms with Crippen LogP contribution in [0.15, 0.2) is 6.33 Å². The maximum Gasteiger partial charge on any atom is 0.226 e. The van der Waals surface area contributed by atoms with Gasteiger partial charge in [0.15, 0.2) is 23.4 Å². The molecule has 21 heavy (non-hydrogen) atoms. The predicted molar refractivity (Wildman–Crippen MR) is 71.3 cm³/mol. The Balaban J connectivity index is 2.13. The summed E-state index contributed by atoms with van der Waals surface area (Å²) in [5.41, 5.74) is 3.97. The van der Waals surface area contributed by atoms with Gasteiger partial charge in [-0.2, -0.15) is 9.97 Å². The van der Waals surface area contributed by atoms with Gasteiger partial charge < -0.3 is 20.7 Å². The number of ether oxygens (including phenoxy) is 1. The fourth-order valence-corrected chi connectivity index (χ4v) is 2.62. The van der Waals surface area contributed by atoms with E-state index in [4.69, 9.17) is 27.2 Å². The van der Waals surface area contributed by atoms with E-state index in [1.807, 2.05) is 0 Å². The van der Waals surface area contributed by atoms with Crippen LogP contribution in [0.4, 0.5) is 10.2 Å². The standard InChI is InChI=1S/C11H13ClFN5O3/c1-11(13)6(20)4(2-19)21-9(11)18-3-15-5-7(14)16-10(12)17-8(5)18/h3-4,6,9,19-20H,2H2,1H3,(H2,14,16,17)/t4-,6-,9-,11-/m1/s1. The summed E-state index contributed by atoms with van der Waals surface area (Å²) in [5, 5.41) is 18.9. The fourth-order valence-electron chi connectivity index (χ4n) is 2.45. The minimum Gasteiger partial charge on any atom is -0.394 e. The molecule has 1 aliphatic rings. The monoisotopic (exact) mass is 317 g/mol. The van der Waals surface area contributed by atoms with Crippen molar-refractivity contribution < 1.29 is 19.3 Å². The third kappa shape index (κ3) is 2.04. The molecule has 1 fully saturated rings. The van der Waals surface area contributed by atoms with Gasteiger partial charge in [0.05, 0.1) is 12.9 Å². The van der Waals surface area contributed by atoms with Crippen LogP contribution >= 0.6 is 11.6 Å². The molecule has 0 aromatic carbocycles. The van der Waals surface area contributed by atoms with Crippen molar-refractivity contribution in [1.82, 2.24) is 19.5 Å². The summed E-state index contributed by atoms with van der Waals surface area (Å²) in [5.74, 6) is 0.0570. The number of nitrogens with zero attached hydrogens (tertiary/aromatic N) is 4. The largest absolute Gasteiger partial charge is 0.394 e. The molecule has 8 nitrogen and oxygen atoms in total. The number of aromatic nitrogens is 4. The number of rotatable bonds is 2. The SMILES string of the molecule is C[C@@]1(F)[C@H](O)[C@@H](CO)O[C@H]1n1cnc2c(N)nc(Cl)nc21. The number of fused-ring (bicyclic) bond motifs is 1. The smallest absolute Gasteiger partial charge is 0.226 e. The van der Waals surface area contributed by atoms with Crippen molar-refractivity contribution in [3.63, 3.8) is 0 Å². The molecule has 3 heterocycles. The van der Waals surface area contributed by atoms with Gasteiger partial charge >= 0.3 is 0 Å². The zero-order valence-corrected chi connectivity index (χ0v) is 11.7. The van der Waals surface area contributed by atoms with E-state index in [1.54, 1.807) is 0 Å². The van der Waals surface area contributed by atoms with E-state index in [-0.39, 0.29) is 22.3 Å². The van der Waals surface area contributed by atoms with Crippen molar-refractivity contribution >= 4 is 28.6 Å². The van der Waals surface area contributed by atoms with Gasteiger partial charge in [0.1, 0.15) is 17.7 Å². The fraction of sp³-hybridized carbons (Fsp3) is 0.545. The Morgan fingerprint density at radius 2 is 2.29 bits per heavy atom. The second-order valence-electron chi connectivity index (χ2n) is 5.01. The van der Waals surface area contributed by atoms with Crippen LogP contribution in [0.25, 0.3) is 11.2 Å². The summed E-state index contributed by atoms with van der Waals surface area (Å²) in [6.45, 7) is 0.664. The first kappa shape index (κ1) is 14.4. The zero-order valence-electron chi connectivity index (χ0n) is 10.9. The van der Waals surface area contributed by atoms with Gasteiger partial charge in [-0.1, -0.05) is 0 Å². The van der Waals surface area contributed by atoms with Crippen LogP contribution in [-0.4, -0.2) is 54.2 Å². The summed E-state index contributed by atoms with van der Waals surface area (Å²) >= 11 is 5.75. The molecular formula is C11H13ClFN5O3. The molecule has 0 radical (unpaired) electrons. The molecule has 0 aliphatic carbocycles. The van der Waals surface area contributed by atoms with Gasteiger partial charge in [0.25, 0.3) is 0 Å².